The normalized spacial score (nSPS) is 21.5. The van der Waals surface area contributed by atoms with Crippen molar-refractivity contribution in [2.75, 3.05) is 26.3 Å². The van der Waals surface area contributed by atoms with Gasteiger partial charge in [-0.1, -0.05) is 6.92 Å². The summed E-state index contributed by atoms with van der Waals surface area (Å²) in [6, 6.07) is 4.35. The minimum absolute atomic E-state index is 0.105. The van der Waals surface area contributed by atoms with E-state index in [9.17, 15) is 0 Å². The first-order chi connectivity index (χ1) is 8.72. The summed E-state index contributed by atoms with van der Waals surface area (Å²) < 4.78 is 11.3. The van der Waals surface area contributed by atoms with E-state index in [4.69, 9.17) is 14.9 Å². The van der Waals surface area contributed by atoms with Gasteiger partial charge in [-0.15, -0.1) is 0 Å². The van der Waals surface area contributed by atoms with Crippen LogP contribution in [0.2, 0.25) is 0 Å². The number of hydrogen-bond donors (Lipinski definition) is 1. The van der Waals surface area contributed by atoms with Crippen LogP contribution in [-0.4, -0.2) is 37.2 Å². The molecule has 0 saturated carbocycles. The van der Waals surface area contributed by atoms with E-state index in [1.807, 2.05) is 13.0 Å². The molecule has 0 aromatic carbocycles. The van der Waals surface area contributed by atoms with E-state index in [2.05, 4.69) is 17.9 Å². The van der Waals surface area contributed by atoms with E-state index < -0.39 is 0 Å². The third-order valence-electron chi connectivity index (χ3n) is 3.58. The van der Waals surface area contributed by atoms with Gasteiger partial charge < -0.3 is 14.9 Å². The third-order valence-corrected chi connectivity index (χ3v) is 3.58. The Kier molecular flexibility index (Phi) is 4.80. The van der Waals surface area contributed by atoms with Crippen LogP contribution in [0.15, 0.2) is 16.5 Å². The predicted octanol–water partition coefficient (Wildman–Crippen LogP) is 2.09. The van der Waals surface area contributed by atoms with Crippen LogP contribution < -0.4 is 5.73 Å². The van der Waals surface area contributed by atoms with Gasteiger partial charge in [0.25, 0.3) is 0 Å². The average Bonchev–Trinajstić information content (AvgIpc) is 2.64. The van der Waals surface area contributed by atoms with Gasteiger partial charge >= 0.3 is 0 Å². The molecule has 102 valence electrons. The molecule has 18 heavy (non-hydrogen) atoms. The highest BCUT2D eigenvalue weighted by Gasteiger charge is 2.28. The lowest BCUT2D eigenvalue weighted by Gasteiger charge is -2.32. The molecule has 4 nitrogen and oxygen atoms in total. The minimum atomic E-state index is 0.105. The molecule has 2 N–H and O–H groups in total. The third kappa shape index (κ3) is 3.13. The highest BCUT2D eigenvalue weighted by Crippen LogP contribution is 2.27. The number of ether oxygens (including phenoxy) is 1. The molecule has 0 radical (unpaired) electrons. The first kappa shape index (κ1) is 13.6. The van der Waals surface area contributed by atoms with Crippen molar-refractivity contribution >= 4 is 0 Å². The second-order valence-electron chi connectivity index (χ2n) is 4.97. The van der Waals surface area contributed by atoms with Crippen molar-refractivity contribution in [3.8, 4) is 0 Å². The molecule has 1 saturated heterocycles. The molecule has 0 amide bonds. The van der Waals surface area contributed by atoms with Crippen LogP contribution in [0.25, 0.3) is 0 Å². The van der Waals surface area contributed by atoms with Gasteiger partial charge in [0, 0.05) is 25.7 Å². The van der Waals surface area contributed by atoms with E-state index in [0.29, 0.717) is 0 Å². The van der Waals surface area contributed by atoms with E-state index in [1.165, 1.54) is 0 Å². The number of nitrogens with zero attached hydrogens (tertiary/aromatic N) is 1. The van der Waals surface area contributed by atoms with E-state index in [1.54, 1.807) is 0 Å². The van der Waals surface area contributed by atoms with E-state index in [0.717, 1.165) is 50.7 Å². The predicted molar refractivity (Wildman–Crippen MR) is 71.5 cm³/mol. The number of hydrogen-bond acceptors (Lipinski definition) is 4. The van der Waals surface area contributed by atoms with Crippen LogP contribution in [0.3, 0.4) is 0 Å². The van der Waals surface area contributed by atoms with Gasteiger partial charge in [0.1, 0.15) is 11.5 Å². The van der Waals surface area contributed by atoms with Crippen molar-refractivity contribution in [2.45, 2.75) is 38.8 Å². The van der Waals surface area contributed by atoms with Crippen LogP contribution in [0.4, 0.5) is 0 Å². The first-order valence-electron chi connectivity index (χ1n) is 6.86. The summed E-state index contributed by atoms with van der Waals surface area (Å²) in [6.45, 7) is 7.69. The fraction of sp³-hybridized carbons (Fsp3) is 0.714. The van der Waals surface area contributed by atoms with Crippen molar-refractivity contribution < 1.29 is 9.15 Å². The zero-order valence-corrected chi connectivity index (χ0v) is 11.4. The molecule has 2 atom stereocenters. The molecule has 1 aliphatic heterocycles. The van der Waals surface area contributed by atoms with Gasteiger partial charge in [-0.2, -0.15) is 0 Å². The molecule has 0 aliphatic carbocycles. The molecule has 2 rings (SSSR count). The molecule has 4 heteroatoms. The van der Waals surface area contributed by atoms with Crippen LogP contribution in [0, 0.1) is 6.92 Å². The number of nitrogens with two attached hydrogens (primary N) is 1. The van der Waals surface area contributed by atoms with E-state index in [-0.39, 0.29) is 12.1 Å². The Morgan fingerprint density at radius 3 is 2.83 bits per heavy atom. The summed E-state index contributed by atoms with van der Waals surface area (Å²) in [6.07, 6.45) is 2.01. The summed E-state index contributed by atoms with van der Waals surface area (Å²) in [5.74, 6) is 1.94. The lowest BCUT2D eigenvalue weighted by molar-refractivity contribution is 0.117. The molecular weight excluding hydrogens is 228 g/mol. The second kappa shape index (κ2) is 6.36. The molecular formula is C14H24N2O2. The maximum atomic E-state index is 6.30. The lowest BCUT2D eigenvalue weighted by atomic mass is 10.0. The van der Waals surface area contributed by atoms with Crippen molar-refractivity contribution in [3.63, 3.8) is 0 Å². The smallest absolute Gasteiger partial charge is 0.122 e. The monoisotopic (exact) mass is 252 g/mol. The average molecular weight is 252 g/mol. The van der Waals surface area contributed by atoms with Crippen LogP contribution in [-0.2, 0) is 4.74 Å². The Balaban J connectivity index is 2.18. The topological polar surface area (TPSA) is 51.6 Å². The standard InChI is InChI=1S/C14H24N2O2/c1-3-12(15)14(13-6-5-11(2)18-13)16-7-4-9-17-10-8-16/h5-6,12,14H,3-4,7-10,15H2,1-2H3. The van der Waals surface area contributed by atoms with Gasteiger partial charge in [0.05, 0.1) is 12.6 Å². The molecule has 2 unspecified atom stereocenters. The van der Waals surface area contributed by atoms with Gasteiger partial charge in [0.15, 0.2) is 0 Å². The Morgan fingerprint density at radius 1 is 1.33 bits per heavy atom. The van der Waals surface area contributed by atoms with Gasteiger partial charge in [-0.25, -0.2) is 0 Å². The molecule has 2 heterocycles. The van der Waals surface area contributed by atoms with Crippen LogP contribution in [0.1, 0.15) is 37.3 Å². The zero-order valence-electron chi connectivity index (χ0n) is 11.4. The molecule has 0 spiro atoms. The Hall–Kier alpha value is -0.840. The maximum absolute atomic E-state index is 6.30. The molecule has 1 aliphatic rings. The summed E-state index contributed by atoms with van der Waals surface area (Å²) in [5.41, 5.74) is 6.30. The number of aryl methyl sites for hydroxylation is 1. The van der Waals surface area contributed by atoms with Crippen molar-refractivity contribution in [1.29, 1.82) is 0 Å². The molecule has 0 bridgehead atoms. The van der Waals surface area contributed by atoms with Crippen molar-refractivity contribution in [2.24, 2.45) is 5.73 Å². The summed E-state index contributed by atoms with van der Waals surface area (Å²) in [5, 5.41) is 0. The van der Waals surface area contributed by atoms with Crippen LogP contribution in [0.5, 0.6) is 0 Å². The zero-order chi connectivity index (χ0) is 13.0. The fourth-order valence-electron chi connectivity index (χ4n) is 2.54. The summed E-state index contributed by atoms with van der Waals surface area (Å²) >= 11 is 0. The Morgan fingerprint density at radius 2 is 2.17 bits per heavy atom. The summed E-state index contributed by atoms with van der Waals surface area (Å²) in [4.78, 5) is 2.40. The first-order valence-corrected chi connectivity index (χ1v) is 6.86. The maximum Gasteiger partial charge on any atom is 0.122 e. The van der Waals surface area contributed by atoms with E-state index >= 15 is 0 Å². The Bertz CT molecular complexity index is 356. The van der Waals surface area contributed by atoms with Crippen LogP contribution >= 0.6 is 0 Å². The highest BCUT2D eigenvalue weighted by molar-refractivity contribution is 5.12. The Labute approximate surface area is 109 Å². The van der Waals surface area contributed by atoms with Crippen molar-refractivity contribution in [1.82, 2.24) is 4.90 Å². The summed E-state index contributed by atoms with van der Waals surface area (Å²) in [7, 11) is 0. The highest BCUT2D eigenvalue weighted by atomic mass is 16.5. The quantitative estimate of drug-likeness (QED) is 0.891. The number of furan rings is 1. The lowest BCUT2D eigenvalue weighted by Crippen LogP contribution is -2.41. The second-order valence-corrected chi connectivity index (χ2v) is 4.97. The van der Waals surface area contributed by atoms with Gasteiger partial charge in [-0.05, 0) is 31.9 Å². The molecule has 1 aromatic rings. The molecule has 1 aromatic heterocycles. The number of rotatable bonds is 4. The molecule has 1 fully saturated rings. The largest absolute Gasteiger partial charge is 0.465 e. The SMILES string of the molecule is CCC(N)C(c1ccc(C)o1)N1CCCOCC1. The minimum Gasteiger partial charge on any atom is -0.465 e. The van der Waals surface area contributed by atoms with Crippen molar-refractivity contribution in [3.05, 3.63) is 23.7 Å². The van der Waals surface area contributed by atoms with Gasteiger partial charge in [-0.3, -0.25) is 4.90 Å². The fourth-order valence-corrected chi connectivity index (χ4v) is 2.54. The van der Waals surface area contributed by atoms with Gasteiger partial charge in [0.2, 0.25) is 0 Å².